The Labute approximate surface area is 483 Å². The van der Waals surface area contributed by atoms with Crippen LogP contribution >= 0.6 is 12.6 Å². The number of aromatic nitrogens is 4. The third-order valence-electron chi connectivity index (χ3n) is 13.6. The highest BCUT2D eigenvalue weighted by atomic mass is 32.1. The number of benzene rings is 4. The van der Waals surface area contributed by atoms with Gasteiger partial charge in [-0.1, -0.05) is 87.0 Å². The summed E-state index contributed by atoms with van der Waals surface area (Å²) in [6.07, 6.45) is 1.77. The van der Waals surface area contributed by atoms with E-state index in [1.54, 1.807) is 13.8 Å². The topological polar surface area (TPSA) is 397 Å². The van der Waals surface area contributed by atoms with Crippen molar-refractivity contribution in [1.82, 2.24) is 57.0 Å². The summed E-state index contributed by atoms with van der Waals surface area (Å²) in [5, 5.41) is 63.2. The molecule has 2 heterocycles. The molecule has 440 valence electrons. The number of nitrogens with zero attached hydrogens (tertiary/aromatic N) is 4. The number of rotatable bonds is 30. The fraction of sp³-hybridized carbons (Fsp3) is 0.351. The van der Waals surface area contributed by atoms with Crippen LogP contribution in [0.3, 0.4) is 0 Å². The minimum absolute atomic E-state index is 0.00502. The Morgan fingerprint density at radius 1 is 0.602 bits per heavy atom. The summed E-state index contributed by atoms with van der Waals surface area (Å²) < 4.78 is 1.33. The zero-order valence-corrected chi connectivity index (χ0v) is 46.6. The Bertz CT molecular complexity index is 3210. The molecule has 25 nitrogen and oxygen atoms in total. The number of hydrogen-bond acceptors (Lipinski definition) is 17. The van der Waals surface area contributed by atoms with Crippen molar-refractivity contribution in [3.05, 3.63) is 126 Å². The van der Waals surface area contributed by atoms with Gasteiger partial charge in [0.05, 0.1) is 11.9 Å². The zero-order chi connectivity index (χ0) is 60.2. The van der Waals surface area contributed by atoms with Crippen molar-refractivity contribution in [2.75, 3.05) is 24.6 Å². The number of aromatic hydroxyl groups is 3. The van der Waals surface area contributed by atoms with Crippen LogP contribution in [0.25, 0.3) is 22.3 Å². The molecular formula is C57H69N13O12S. The van der Waals surface area contributed by atoms with E-state index in [4.69, 9.17) is 11.5 Å². The van der Waals surface area contributed by atoms with Crippen molar-refractivity contribution in [1.29, 1.82) is 0 Å². The molecule has 7 atom stereocenters. The number of amides is 7. The number of nitrogen functional groups attached to an aromatic ring is 1. The van der Waals surface area contributed by atoms with Crippen molar-refractivity contribution in [2.24, 2.45) is 11.7 Å². The number of fused-ring (bicyclic) bond motifs is 1. The minimum Gasteiger partial charge on any atom is -0.508 e. The number of carboxylic acids is 1. The molecular weight excluding hydrogens is 1090 g/mol. The second-order valence-corrected chi connectivity index (χ2v) is 20.1. The van der Waals surface area contributed by atoms with Gasteiger partial charge in [0, 0.05) is 30.6 Å². The predicted octanol–water partition coefficient (Wildman–Crippen LogP) is 1.13. The number of nitrogens with two attached hydrogens (primary N) is 2. The summed E-state index contributed by atoms with van der Waals surface area (Å²) in [7, 11) is 0. The lowest BCUT2D eigenvalue weighted by molar-refractivity contribution is -0.142. The summed E-state index contributed by atoms with van der Waals surface area (Å²) >= 11 is 4.29. The largest absolute Gasteiger partial charge is 0.508 e. The highest BCUT2D eigenvalue weighted by Crippen LogP contribution is 2.30. The van der Waals surface area contributed by atoms with E-state index in [-0.39, 0.29) is 73.2 Å². The van der Waals surface area contributed by atoms with E-state index in [0.29, 0.717) is 52.6 Å². The van der Waals surface area contributed by atoms with Crippen LogP contribution in [-0.4, -0.2) is 143 Å². The van der Waals surface area contributed by atoms with Gasteiger partial charge in [-0.15, -0.1) is 0 Å². The maximum absolute atomic E-state index is 14.6. The van der Waals surface area contributed by atoms with Gasteiger partial charge < -0.3 is 69.1 Å². The van der Waals surface area contributed by atoms with Gasteiger partial charge in [-0.25, -0.2) is 19.4 Å². The first-order chi connectivity index (χ1) is 39.8. The van der Waals surface area contributed by atoms with E-state index in [1.807, 2.05) is 30.3 Å². The van der Waals surface area contributed by atoms with Crippen molar-refractivity contribution < 1.29 is 58.8 Å². The van der Waals surface area contributed by atoms with E-state index >= 15 is 0 Å². The lowest BCUT2D eigenvalue weighted by Gasteiger charge is -2.29. The summed E-state index contributed by atoms with van der Waals surface area (Å²) in [5.41, 5.74) is 14.9. The number of nitrogens with one attached hydrogen (secondary N) is 7. The van der Waals surface area contributed by atoms with Gasteiger partial charge in [-0.05, 0) is 84.8 Å². The SMILES string of the molecule is CC[C@H](C)[C@H](NC(=O)[C@H](CS)NC(=O)CNC(=O)Cn1nc(-c2ccccc2)c2c(N)ncnc21)C(=O)N[C@@H](Cc1ccc(O)cc1)C(=O)N[C@@H](CCCCN)C(=O)N[C@@H](Cc1ccc(O)cc1)C(=O)N[C@@H](Cc1ccc(O)cc1)C(=O)O. The van der Waals surface area contributed by atoms with Gasteiger partial charge in [-0.3, -0.25) is 33.6 Å². The number of carbonyl (C=O) groups is 8. The molecule has 0 radical (unpaired) electrons. The second-order valence-electron chi connectivity index (χ2n) is 19.8. The Kier molecular flexibility index (Phi) is 23.1. The Hall–Kier alpha value is -9.30. The molecule has 7 amide bonds. The molecule has 0 saturated carbocycles. The van der Waals surface area contributed by atoms with Crippen LogP contribution in [0.5, 0.6) is 17.2 Å². The van der Waals surface area contributed by atoms with Gasteiger partial charge >= 0.3 is 5.97 Å². The molecule has 0 unspecified atom stereocenters. The van der Waals surface area contributed by atoms with Crippen LogP contribution in [0.2, 0.25) is 0 Å². The van der Waals surface area contributed by atoms with E-state index in [1.165, 1.54) is 83.8 Å². The zero-order valence-electron chi connectivity index (χ0n) is 45.7. The van der Waals surface area contributed by atoms with Crippen LogP contribution in [-0.2, 0) is 64.2 Å². The van der Waals surface area contributed by atoms with Crippen LogP contribution < -0.4 is 48.7 Å². The summed E-state index contributed by atoms with van der Waals surface area (Å²) in [5.74, 6) is -7.83. The first-order valence-electron chi connectivity index (χ1n) is 26.7. The molecule has 6 aromatic rings. The lowest BCUT2D eigenvalue weighted by atomic mass is 9.96. The summed E-state index contributed by atoms with van der Waals surface area (Å²) in [6.45, 7) is 2.77. The van der Waals surface area contributed by atoms with Crippen LogP contribution in [0.4, 0.5) is 5.82 Å². The fourth-order valence-electron chi connectivity index (χ4n) is 8.77. The van der Waals surface area contributed by atoms with Crippen LogP contribution in [0.15, 0.2) is 109 Å². The summed E-state index contributed by atoms with van der Waals surface area (Å²) in [6, 6.07) is 18.0. The third-order valence-corrected chi connectivity index (χ3v) is 13.9. The smallest absolute Gasteiger partial charge is 0.326 e. The minimum atomic E-state index is -1.48. The average molecular weight is 1160 g/mol. The number of anilines is 1. The van der Waals surface area contributed by atoms with Gasteiger partial charge in [-0.2, -0.15) is 17.7 Å². The standard InChI is InChI=1S/C57H69N13O12S/c1-3-32(2)48(68-55(79)44(30-83)63-45(74)28-60-46(75)29-70-51-47(50(59)61-31-62-51)49(69-70)36-9-5-4-6-10-36)56(80)66-42(26-34-14-20-38(72)21-15-34)53(77)64-40(11-7-8-24-58)52(76)65-41(25-33-12-18-37(71)19-13-33)54(78)67-43(57(81)82)27-35-16-22-39(73)23-17-35/h4-6,9-10,12-23,31-32,40-44,48,71-73,83H,3,7-8,11,24-30,58H2,1-2H3,(H,60,75)(H,63,74)(H,64,77)(H,65,76)(H,66,80)(H,67,78)(H,68,79)(H,81,82)(H2,59,61,62)/t32-,40-,41-,42-,43-,44-,48-/m0/s1. The number of carboxylic acid groups (broad SMARTS) is 1. The molecule has 2 aromatic heterocycles. The summed E-state index contributed by atoms with van der Waals surface area (Å²) in [4.78, 5) is 119. The number of unbranched alkanes of at least 4 members (excludes halogenated alkanes) is 1. The normalized spacial score (nSPS) is 13.6. The number of phenolic OH excluding ortho intramolecular Hbond substituents is 3. The molecule has 0 aliphatic carbocycles. The molecule has 6 rings (SSSR count). The molecule has 0 aliphatic rings. The number of thiol groups is 1. The number of phenols is 3. The first-order valence-corrected chi connectivity index (χ1v) is 27.4. The molecule has 0 spiro atoms. The molecule has 0 aliphatic heterocycles. The predicted molar refractivity (Wildman–Crippen MR) is 309 cm³/mol. The Balaban J connectivity index is 1.16. The van der Waals surface area contributed by atoms with E-state index in [2.05, 4.69) is 64.9 Å². The molecule has 83 heavy (non-hydrogen) atoms. The van der Waals surface area contributed by atoms with E-state index in [9.17, 15) is 58.8 Å². The molecule has 0 fully saturated rings. The third kappa shape index (κ3) is 18.4. The van der Waals surface area contributed by atoms with E-state index < -0.39 is 96.0 Å². The van der Waals surface area contributed by atoms with E-state index in [0.717, 1.165) is 0 Å². The maximum atomic E-state index is 14.6. The Morgan fingerprint density at radius 3 is 1.61 bits per heavy atom. The number of carbonyl (C=O) groups excluding carboxylic acids is 7. The monoisotopic (exact) mass is 1160 g/mol. The first kappa shape index (κ1) is 62.9. The maximum Gasteiger partial charge on any atom is 0.326 e. The van der Waals surface area contributed by atoms with Crippen molar-refractivity contribution in [2.45, 2.75) is 102 Å². The van der Waals surface area contributed by atoms with Crippen molar-refractivity contribution in [3.63, 3.8) is 0 Å². The molecule has 0 bridgehead atoms. The molecule has 4 aromatic carbocycles. The second kappa shape index (κ2) is 30.5. The van der Waals surface area contributed by atoms with Gasteiger partial charge in [0.1, 0.15) is 77.9 Å². The molecule has 15 N–H and O–H groups in total. The Morgan fingerprint density at radius 2 is 1.10 bits per heavy atom. The van der Waals surface area contributed by atoms with Crippen LogP contribution in [0.1, 0.15) is 56.2 Å². The van der Waals surface area contributed by atoms with Crippen molar-refractivity contribution >= 4 is 76.8 Å². The number of aliphatic carboxylic acids is 1. The van der Waals surface area contributed by atoms with Gasteiger partial charge in [0.25, 0.3) is 0 Å². The highest BCUT2D eigenvalue weighted by Gasteiger charge is 2.35. The van der Waals surface area contributed by atoms with Gasteiger partial charge in [0.2, 0.25) is 41.4 Å². The van der Waals surface area contributed by atoms with Crippen LogP contribution in [0, 0.1) is 5.92 Å². The highest BCUT2D eigenvalue weighted by molar-refractivity contribution is 7.80. The van der Waals surface area contributed by atoms with Crippen molar-refractivity contribution in [3.8, 4) is 28.5 Å². The van der Waals surface area contributed by atoms with Gasteiger partial charge in [0.15, 0.2) is 5.65 Å². The molecule has 0 saturated heterocycles. The average Bonchev–Trinajstić information content (AvgIpc) is 3.83. The molecule has 26 heteroatoms. The quantitative estimate of drug-likeness (QED) is 0.0222. The lowest BCUT2D eigenvalue weighted by Crippen LogP contribution is -2.61. The fourth-order valence-corrected chi connectivity index (χ4v) is 9.02. The number of hydrogen-bond donors (Lipinski definition) is 14.